The van der Waals surface area contributed by atoms with Gasteiger partial charge in [0.15, 0.2) is 0 Å². The topological polar surface area (TPSA) is 41.1 Å². The summed E-state index contributed by atoms with van der Waals surface area (Å²) < 4.78 is 0. The lowest BCUT2D eigenvalue weighted by atomic mass is 9.77. The van der Waals surface area contributed by atoms with E-state index in [9.17, 15) is 4.79 Å². The highest BCUT2D eigenvalue weighted by Gasteiger charge is 2.31. The van der Waals surface area contributed by atoms with Crippen LogP contribution in [0.15, 0.2) is 42.5 Å². The maximum atomic E-state index is 12.4. The molecule has 0 spiro atoms. The molecular weight excluding hydrogens is 260 g/mol. The lowest BCUT2D eigenvalue weighted by Crippen LogP contribution is -2.30. The zero-order chi connectivity index (χ0) is 14.2. The first-order valence-corrected chi connectivity index (χ1v) is 7.57. The van der Waals surface area contributed by atoms with E-state index in [4.69, 9.17) is 0 Å². The number of aryl methyl sites for hydroxylation is 1. The molecule has 1 aliphatic carbocycles. The summed E-state index contributed by atoms with van der Waals surface area (Å²) in [5.41, 5.74) is 5.88. The second kappa shape index (κ2) is 4.92. The summed E-state index contributed by atoms with van der Waals surface area (Å²) in [6.45, 7) is 1.04. The van der Waals surface area contributed by atoms with Crippen molar-refractivity contribution < 1.29 is 4.79 Å². The van der Waals surface area contributed by atoms with Crippen LogP contribution in [-0.4, -0.2) is 12.5 Å². The average Bonchev–Trinajstić information content (AvgIpc) is 2.48. The van der Waals surface area contributed by atoms with Gasteiger partial charge in [0.25, 0.3) is 0 Å². The van der Waals surface area contributed by atoms with Gasteiger partial charge in [0.05, 0.1) is 5.92 Å². The molecule has 2 aromatic carbocycles. The average molecular weight is 278 g/mol. The van der Waals surface area contributed by atoms with Crippen LogP contribution in [-0.2, 0) is 17.6 Å². The van der Waals surface area contributed by atoms with Crippen molar-refractivity contribution in [3.05, 3.63) is 59.2 Å². The lowest BCUT2D eigenvalue weighted by molar-refractivity contribution is -0.118. The SMILES string of the molecule is O=C(Nc1ccc2c(c1)CCCN2)C1Cc2ccccc21. The van der Waals surface area contributed by atoms with Crippen LogP contribution in [0.4, 0.5) is 11.4 Å². The summed E-state index contributed by atoms with van der Waals surface area (Å²) in [5.74, 6) is 0.118. The van der Waals surface area contributed by atoms with Crippen molar-refractivity contribution in [3.63, 3.8) is 0 Å². The molecule has 0 saturated heterocycles. The molecule has 4 rings (SSSR count). The van der Waals surface area contributed by atoms with Crippen LogP contribution >= 0.6 is 0 Å². The molecule has 2 aromatic rings. The van der Waals surface area contributed by atoms with Gasteiger partial charge in [-0.05, 0) is 54.2 Å². The first-order chi connectivity index (χ1) is 10.3. The fourth-order valence-electron chi connectivity index (χ4n) is 3.27. The van der Waals surface area contributed by atoms with Gasteiger partial charge < -0.3 is 10.6 Å². The van der Waals surface area contributed by atoms with Crippen molar-refractivity contribution in [2.75, 3.05) is 17.2 Å². The molecular formula is C18H18N2O. The third-order valence-electron chi connectivity index (χ3n) is 4.48. The normalized spacial score (nSPS) is 18.8. The minimum atomic E-state index is 0.00959. The van der Waals surface area contributed by atoms with Crippen LogP contribution in [0.25, 0.3) is 0 Å². The van der Waals surface area contributed by atoms with Crippen molar-refractivity contribution in [3.8, 4) is 0 Å². The molecule has 0 saturated carbocycles. The fraction of sp³-hybridized carbons (Fsp3) is 0.278. The van der Waals surface area contributed by atoms with Crippen molar-refractivity contribution in [1.82, 2.24) is 0 Å². The van der Waals surface area contributed by atoms with Crippen molar-refractivity contribution in [1.29, 1.82) is 0 Å². The Morgan fingerprint density at radius 1 is 1.14 bits per heavy atom. The summed E-state index contributed by atoms with van der Waals surface area (Å²) in [6.07, 6.45) is 3.09. The predicted molar refractivity (Wildman–Crippen MR) is 84.8 cm³/mol. The van der Waals surface area contributed by atoms with Crippen LogP contribution in [0, 0.1) is 0 Å². The largest absolute Gasteiger partial charge is 0.385 e. The summed E-state index contributed by atoms with van der Waals surface area (Å²) in [7, 11) is 0. The third-order valence-corrected chi connectivity index (χ3v) is 4.48. The van der Waals surface area contributed by atoms with Crippen molar-refractivity contribution in [2.24, 2.45) is 0 Å². The predicted octanol–water partition coefficient (Wildman–Crippen LogP) is 3.32. The van der Waals surface area contributed by atoms with E-state index in [1.165, 1.54) is 22.4 Å². The van der Waals surface area contributed by atoms with E-state index in [0.717, 1.165) is 31.5 Å². The Kier molecular flexibility index (Phi) is 2.92. The van der Waals surface area contributed by atoms with E-state index in [1.807, 2.05) is 18.2 Å². The highest BCUT2D eigenvalue weighted by molar-refractivity contribution is 5.98. The number of fused-ring (bicyclic) bond motifs is 2. The number of hydrogen-bond donors (Lipinski definition) is 2. The van der Waals surface area contributed by atoms with Gasteiger partial charge in [-0.15, -0.1) is 0 Å². The number of rotatable bonds is 2. The molecule has 21 heavy (non-hydrogen) atoms. The minimum Gasteiger partial charge on any atom is -0.385 e. The molecule has 1 atom stereocenters. The van der Waals surface area contributed by atoms with Gasteiger partial charge in [-0.3, -0.25) is 4.79 Å². The van der Waals surface area contributed by atoms with E-state index < -0.39 is 0 Å². The first-order valence-electron chi connectivity index (χ1n) is 7.57. The molecule has 2 N–H and O–H groups in total. The molecule has 106 valence electrons. The molecule has 0 bridgehead atoms. The highest BCUT2D eigenvalue weighted by atomic mass is 16.1. The number of carbonyl (C=O) groups is 1. The molecule has 0 aromatic heterocycles. The molecule has 1 aliphatic heterocycles. The van der Waals surface area contributed by atoms with E-state index in [0.29, 0.717) is 0 Å². The number of anilines is 2. The van der Waals surface area contributed by atoms with Crippen LogP contribution in [0.3, 0.4) is 0 Å². The second-order valence-electron chi connectivity index (χ2n) is 5.85. The molecule has 1 unspecified atom stereocenters. The van der Waals surface area contributed by atoms with E-state index in [1.54, 1.807) is 0 Å². The minimum absolute atomic E-state index is 0.00959. The molecule has 3 nitrogen and oxygen atoms in total. The van der Waals surface area contributed by atoms with Crippen LogP contribution < -0.4 is 10.6 Å². The van der Waals surface area contributed by atoms with Gasteiger partial charge in [-0.2, -0.15) is 0 Å². The zero-order valence-corrected chi connectivity index (χ0v) is 11.9. The molecule has 0 radical (unpaired) electrons. The summed E-state index contributed by atoms with van der Waals surface area (Å²) >= 11 is 0. The van der Waals surface area contributed by atoms with Gasteiger partial charge in [-0.1, -0.05) is 24.3 Å². The maximum Gasteiger partial charge on any atom is 0.232 e. The molecule has 2 aliphatic rings. The first kappa shape index (κ1) is 12.5. The maximum absolute atomic E-state index is 12.4. The Morgan fingerprint density at radius 3 is 2.95 bits per heavy atom. The Morgan fingerprint density at radius 2 is 2.05 bits per heavy atom. The quantitative estimate of drug-likeness (QED) is 0.884. The molecule has 0 fully saturated rings. The number of carbonyl (C=O) groups excluding carboxylic acids is 1. The molecule has 1 heterocycles. The molecule has 3 heteroatoms. The highest BCUT2D eigenvalue weighted by Crippen LogP contribution is 2.36. The summed E-state index contributed by atoms with van der Waals surface area (Å²) in [6, 6.07) is 14.3. The Bertz CT molecular complexity index is 708. The van der Waals surface area contributed by atoms with Gasteiger partial charge in [0.2, 0.25) is 5.91 Å². The number of benzene rings is 2. The van der Waals surface area contributed by atoms with Crippen LogP contribution in [0.5, 0.6) is 0 Å². The van der Waals surface area contributed by atoms with Gasteiger partial charge in [0, 0.05) is 17.9 Å². The molecule has 1 amide bonds. The summed E-state index contributed by atoms with van der Waals surface area (Å²) in [5, 5.41) is 6.46. The van der Waals surface area contributed by atoms with E-state index >= 15 is 0 Å². The second-order valence-corrected chi connectivity index (χ2v) is 5.85. The van der Waals surface area contributed by atoms with Crippen LogP contribution in [0.1, 0.15) is 29.0 Å². The lowest BCUT2D eigenvalue weighted by Gasteiger charge is -2.29. The monoisotopic (exact) mass is 278 g/mol. The van der Waals surface area contributed by atoms with E-state index in [-0.39, 0.29) is 11.8 Å². The van der Waals surface area contributed by atoms with Crippen molar-refractivity contribution in [2.45, 2.75) is 25.2 Å². The van der Waals surface area contributed by atoms with Gasteiger partial charge in [-0.25, -0.2) is 0 Å². The van der Waals surface area contributed by atoms with Gasteiger partial charge in [0.1, 0.15) is 0 Å². The number of hydrogen-bond acceptors (Lipinski definition) is 2. The Hall–Kier alpha value is -2.29. The summed E-state index contributed by atoms with van der Waals surface area (Å²) in [4.78, 5) is 12.4. The number of nitrogens with one attached hydrogen (secondary N) is 2. The Labute approximate surface area is 124 Å². The van der Waals surface area contributed by atoms with E-state index in [2.05, 4.69) is 34.9 Å². The Balaban J connectivity index is 1.51. The van der Waals surface area contributed by atoms with Crippen molar-refractivity contribution >= 4 is 17.3 Å². The van der Waals surface area contributed by atoms with Gasteiger partial charge >= 0.3 is 0 Å². The fourth-order valence-corrected chi connectivity index (χ4v) is 3.27. The zero-order valence-electron chi connectivity index (χ0n) is 11.9. The smallest absolute Gasteiger partial charge is 0.232 e. The standard InChI is InChI=1S/C18H18N2O/c21-18(16-11-12-4-1-2-6-15(12)16)20-14-7-8-17-13(10-14)5-3-9-19-17/h1-2,4,6-8,10,16,19H,3,5,9,11H2,(H,20,21). The number of amides is 1. The third kappa shape index (κ3) is 2.19. The van der Waals surface area contributed by atoms with Crippen LogP contribution in [0.2, 0.25) is 0 Å².